The zero-order valence-corrected chi connectivity index (χ0v) is 7.25. The maximum atomic E-state index is 3.44. The highest BCUT2D eigenvalue weighted by Crippen LogP contribution is 2.24. The smallest absolute Gasteiger partial charge is 0.0594 e. The van der Waals surface area contributed by atoms with Crippen LogP contribution >= 0.6 is 0 Å². The van der Waals surface area contributed by atoms with E-state index in [4.69, 9.17) is 0 Å². The van der Waals surface area contributed by atoms with Gasteiger partial charge in [-0.1, -0.05) is 42.5 Å². The number of hydrogen-bond acceptors (Lipinski definition) is 1. The average molecular weight is 159 g/mol. The third-order valence-electron chi connectivity index (χ3n) is 2.41. The first kappa shape index (κ1) is 7.56. The summed E-state index contributed by atoms with van der Waals surface area (Å²) in [5.74, 6) is 0. The van der Waals surface area contributed by atoms with Gasteiger partial charge in [0.25, 0.3) is 0 Å². The van der Waals surface area contributed by atoms with Gasteiger partial charge >= 0.3 is 0 Å². The number of nitrogens with one attached hydrogen (secondary N) is 1. The lowest BCUT2D eigenvalue weighted by Gasteiger charge is -2.23. The molecule has 1 aliphatic heterocycles. The molecule has 1 N–H and O–H groups in total. The summed E-state index contributed by atoms with van der Waals surface area (Å²) >= 11 is 0. The van der Waals surface area contributed by atoms with Crippen molar-refractivity contribution in [3.63, 3.8) is 0 Å². The van der Waals surface area contributed by atoms with Crippen LogP contribution in [0, 0.1) is 0 Å². The van der Waals surface area contributed by atoms with E-state index in [1.165, 1.54) is 5.56 Å². The second-order valence-electron chi connectivity index (χ2n) is 3.35. The van der Waals surface area contributed by atoms with E-state index in [1.807, 2.05) is 6.07 Å². The zero-order chi connectivity index (χ0) is 8.44. The third-order valence-corrected chi connectivity index (χ3v) is 2.41. The van der Waals surface area contributed by atoms with Gasteiger partial charge in [0.1, 0.15) is 0 Å². The van der Waals surface area contributed by atoms with Crippen molar-refractivity contribution in [1.29, 1.82) is 0 Å². The van der Waals surface area contributed by atoms with Gasteiger partial charge in [0.05, 0.1) is 5.54 Å². The molecule has 1 atom stereocenters. The van der Waals surface area contributed by atoms with E-state index in [-0.39, 0.29) is 5.54 Å². The number of hydrogen-bond donors (Lipinski definition) is 1. The fourth-order valence-electron chi connectivity index (χ4n) is 1.61. The molecule has 1 heteroatoms. The summed E-state index contributed by atoms with van der Waals surface area (Å²) in [6.45, 7) is 3.18. The van der Waals surface area contributed by atoms with Crippen LogP contribution in [0.2, 0.25) is 0 Å². The Morgan fingerprint density at radius 3 is 2.58 bits per heavy atom. The van der Waals surface area contributed by atoms with E-state index in [0.29, 0.717) is 0 Å². The van der Waals surface area contributed by atoms with Crippen molar-refractivity contribution in [3.05, 3.63) is 48.0 Å². The van der Waals surface area contributed by atoms with E-state index in [0.717, 1.165) is 6.54 Å². The summed E-state index contributed by atoms with van der Waals surface area (Å²) in [7, 11) is 0. The lowest BCUT2D eigenvalue weighted by Crippen LogP contribution is -2.33. The van der Waals surface area contributed by atoms with Crippen molar-refractivity contribution >= 4 is 0 Å². The van der Waals surface area contributed by atoms with Crippen LogP contribution < -0.4 is 5.32 Å². The summed E-state index contributed by atoms with van der Waals surface area (Å²) in [6.07, 6.45) is 4.40. The molecular formula is C11H13N. The van der Waals surface area contributed by atoms with Gasteiger partial charge in [-0.15, -0.1) is 0 Å². The topological polar surface area (TPSA) is 12.0 Å². The minimum absolute atomic E-state index is 0.0568. The Morgan fingerprint density at radius 1 is 1.25 bits per heavy atom. The Bertz CT molecular complexity index is 289. The monoisotopic (exact) mass is 159 g/mol. The molecule has 0 fully saturated rings. The first-order valence-corrected chi connectivity index (χ1v) is 4.29. The van der Waals surface area contributed by atoms with Crippen molar-refractivity contribution in [2.24, 2.45) is 0 Å². The number of benzene rings is 1. The second kappa shape index (κ2) is 2.76. The van der Waals surface area contributed by atoms with Gasteiger partial charge in [-0.3, -0.25) is 0 Å². The van der Waals surface area contributed by atoms with Gasteiger partial charge in [0.15, 0.2) is 0 Å². The predicted molar refractivity (Wildman–Crippen MR) is 50.9 cm³/mol. The van der Waals surface area contributed by atoms with E-state index < -0.39 is 0 Å². The van der Waals surface area contributed by atoms with Crippen LogP contribution in [-0.4, -0.2) is 6.54 Å². The van der Waals surface area contributed by atoms with Gasteiger partial charge in [-0.25, -0.2) is 0 Å². The zero-order valence-electron chi connectivity index (χ0n) is 7.25. The molecular weight excluding hydrogens is 146 g/mol. The molecule has 1 nitrogen and oxygen atoms in total. The molecule has 0 saturated carbocycles. The summed E-state index contributed by atoms with van der Waals surface area (Å²) < 4.78 is 0. The standard InChI is InChI=1S/C11H13N/c1-11(8-5-9-12-11)10-6-3-2-4-7-10/h2-8,12H,9H2,1H3. The Kier molecular flexibility index (Phi) is 1.74. The van der Waals surface area contributed by atoms with Crippen LogP contribution in [0.15, 0.2) is 42.5 Å². The molecule has 1 aromatic rings. The maximum absolute atomic E-state index is 3.44. The molecule has 2 rings (SSSR count). The number of rotatable bonds is 1. The van der Waals surface area contributed by atoms with Crippen molar-refractivity contribution < 1.29 is 0 Å². The summed E-state index contributed by atoms with van der Waals surface area (Å²) in [4.78, 5) is 0. The highest BCUT2D eigenvalue weighted by Gasteiger charge is 2.24. The first-order valence-electron chi connectivity index (χ1n) is 4.29. The molecule has 0 radical (unpaired) electrons. The molecule has 12 heavy (non-hydrogen) atoms. The van der Waals surface area contributed by atoms with Crippen LogP contribution in [0.3, 0.4) is 0 Å². The van der Waals surface area contributed by atoms with Crippen molar-refractivity contribution in [2.75, 3.05) is 6.54 Å². The largest absolute Gasteiger partial charge is 0.301 e. The lowest BCUT2D eigenvalue weighted by atomic mass is 9.94. The molecule has 0 aromatic heterocycles. The van der Waals surface area contributed by atoms with Crippen LogP contribution in [0.25, 0.3) is 0 Å². The average Bonchev–Trinajstić information content (AvgIpc) is 2.55. The quantitative estimate of drug-likeness (QED) is 0.618. The van der Waals surface area contributed by atoms with E-state index in [1.54, 1.807) is 0 Å². The highest BCUT2D eigenvalue weighted by atomic mass is 15.0. The third kappa shape index (κ3) is 1.16. The minimum Gasteiger partial charge on any atom is -0.301 e. The molecule has 1 aromatic carbocycles. The molecule has 1 unspecified atom stereocenters. The molecule has 0 saturated heterocycles. The van der Waals surface area contributed by atoms with E-state index >= 15 is 0 Å². The molecule has 0 spiro atoms. The Morgan fingerprint density at radius 2 is 2.00 bits per heavy atom. The van der Waals surface area contributed by atoms with Crippen LogP contribution in [-0.2, 0) is 5.54 Å². The summed E-state index contributed by atoms with van der Waals surface area (Å²) in [6, 6.07) is 10.5. The first-order chi connectivity index (χ1) is 5.81. The van der Waals surface area contributed by atoms with Gasteiger partial charge in [-0.2, -0.15) is 0 Å². The molecule has 62 valence electrons. The second-order valence-corrected chi connectivity index (χ2v) is 3.35. The van der Waals surface area contributed by atoms with Gasteiger partial charge in [0, 0.05) is 6.54 Å². The summed E-state index contributed by atoms with van der Waals surface area (Å²) in [5, 5.41) is 3.44. The molecule has 0 bridgehead atoms. The Balaban J connectivity index is 2.36. The van der Waals surface area contributed by atoms with E-state index in [9.17, 15) is 0 Å². The van der Waals surface area contributed by atoms with Crippen LogP contribution in [0.4, 0.5) is 0 Å². The van der Waals surface area contributed by atoms with Crippen molar-refractivity contribution in [1.82, 2.24) is 5.32 Å². The Labute approximate surface area is 73.1 Å². The molecule has 1 heterocycles. The van der Waals surface area contributed by atoms with Gasteiger partial charge in [-0.05, 0) is 12.5 Å². The molecule has 0 aliphatic carbocycles. The van der Waals surface area contributed by atoms with Crippen LogP contribution in [0.5, 0.6) is 0 Å². The SMILES string of the molecule is CC1(c2ccccc2)C=CCN1. The minimum atomic E-state index is 0.0568. The summed E-state index contributed by atoms with van der Waals surface area (Å²) in [5.41, 5.74) is 1.39. The maximum Gasteiger partial charge on any atom is 0.0594 e. The fourth-order valence-corrected chi connectivity index (χ4v) is 1.61. The fraction of sp³-hybridized carbons (Fsp3) is 0.273. The molecule has 0 amide bonds. The van der Waals surface area contributed by atoms with Gasteiger partial charge < -0.3 is 5.32 Å². The predicted octanol–water partition coefficient (Wildman–Crippen LogP) is 2.06. The Hall–Kier alpha value is -1.08. The van der Waals surface area contributed by atoms with Crippen molar-refractivity contribution in [2.45, 2.75) is 12.5 Å². The normalized spacial score (nSPS) is 27.8. The molecule has 1 aliphatic rings. The highest BCUT2D eigenvalue weighted by molar-refractivity contribution is 5.31. The lowest BCUT2D eigenvalue weighted by molar-refractivity contribution is 0.511. The van der Waals surface area contributed by atoms with Crippen LogP contribution in [0.1, 0.15) is 12.5 Å². The van der Waals surface area contributed by atoms with Crippen molar-refractivity contribution in [3.8, 4) is 0 Å². The van der Waals surface area contributed by atoms with E-state index in [2.05, 4.69) is 48.7 Å². The van der Waals surface area contributed by atoms with Gasteiger partial charge in [0.2, 0.25) is 0 Å².